The van der Waals surface area contributed by atoms with Gasteiger partial charge in [-0.25, -0.2) is 4.98 Å². The summed E-state index contributed by atoms with van der Waals surface area (Å²) in [7, 11) is 1.63. The van der Waals surface area contributed by atoms with Crippen molar-refractivity contribution in [2.75, 3.05) is 12.4 Å². The molecule has 9 heteroatoms. The molecule has 0 unspecified atom stereocenters. The summed E-state index contributed by atoms with van der Waals surface area (Å²) in [4.78, 5) is 19.0. The lowest BCUT2D eigenvalue weighted by molar-refractivity contribution is 0.103. The summed E-state index contributed by atoms with van der Waals surface area (Å²) in [6.45, 7) is 2.49. The molecule has 0 saturated carbocycles. The molecule has 2 aromatic carbocycles. The van der Waals surface area contributed by atoms with E-state index in [1.807, 2.05) is 60.1 Å². The second kappa shape index (κ2) is 7.96. The van der Waals surface area contributed by atoms with E-state index in [4.69, 9.17) is 16.3 Å². The Morgan fingerprint density at radius 3 is 2.84 bits per heavy atom. The Morgan fingerprint density at radius 2 is 2.03 bits per heavy atom. The number of hydrogen-bond donors (Lipinski definition) is 1. The number of hydrogen-bond acceptors (Lipinski definition) is 6. The number of nitrogens with one attached hydrogen (secondary N) is 1. The first kappa shape index (κ1) is 20.0. The van der Waals surface area contributed by atoms with E-state index >= 15 is 0 Å². The number of amides is 1. The molecule has 0 fully saturated rings. The molecule has 31 heavy (non-hydrogen) atoms. The summed E-state index contributed by atoms with van der Waals surface area (Å²) in [5.41, 5.74) is 2.69. The molecule has 0 aliphatic heterocycles. The average Bonchev–Trinajstić information content (AvgIpc) is 3.44. The summed E-state index contributed by atoms with van der Waals surface area (Å²) in [5.74, 6) is 0.577. The number of nitrogens with zero attached hydrogens (tertiary/aromatic N) is 3. The Hall–Kier alpha value is -2.94. The van der Waals surface area contributed by atoms with Crippen molar-refractivity contribution in [1.82, 2.24) is 14.8 Å². The highest BCUT2D eigenvalue weighted by atomic mass is 35.5. The first-order chi connectivity index (χ1) is 15.0. The molecule has 5 aromatic rings. The Kier molecular flexibility index (Phi) is 5.13. The van der Waals surface area contributed by atoms with Gasteiger partial charge < -0.3 is 4.74 Å². The summed E-state index contributed by atoms with van der Waals surface area (Å²) < 4.78 is 8.11. The fourth-order valence-electron chi connectivity index (χ4n) is 3.36. The lowest BCUT2D eigenvalue weighted by Crippen LogP contribution is -2.09. The number of benzene rings is 2. The van der Waals surface area contributed by atoms with Gasteiger partial charge in [0.05, 0.1) is 34.4 Å². The Labute approximate surface area is 191 Å². The van der Waals surface area contributed by atoms with Crippen molar-refractivity contribution >= 4 is 65.7 Å². The third-order valence-corrected chi connectivity index (χ3v) is 7.37. The number of thiazole rings is 1. The third kappa shape index (κ3) is 3.78. The SMILES string of the molecule is COc1ccc2nc(NC(=O)c3cc4c(C)nn(Cc5ccccc5Cl)c4s3)sc2c1. The molecule has 5 rings (SSSR count). The Morgan fingerprint density at radius 1 is 1.19 bits per heavy atom. The number of carbonyl (C=O) groups excluding carboxylic acids is 1. The van der Waals surface area contributed by atoms with Gasteiger partial charge in [0.2, 0.25) is 0 Å². The first-order valence-electron chi connectivity index (χ1n) is 9.48. The van der Waals surface area contributed by atoms with Gasteiger partial charge in [-0.3, -0.25) is 14.8 Å². The molecule has 1 amide bonds. The van der Waals surface area contributed by atoms with E-state index in [-0.39, 0.29) is 5.91 Å². The van der Waals surface area contributed by atoms with Crippen LogP contribution in [0.5, 0.6) is 5.75 Å². The van der Waals surface area contributed by atoms with Crippen LogP contribution in [0.1, 0.15) is 20.9 Å². The van der Waals surface area contributed by atoms with E-state index in [1.54, 1.807) is 7.11 Å². The van der Waals surface area contributed by atoms with Gasteiger partial charge in [-0.05, 0) is 42.8 Å². The molecular formula is C22H17ClN4O2S2. The fraction of sp³-hybridized carbons (Fsp3) is 0.136. The standard InChI is InChI=1S/C22H17ClN4O2S2/c1-12-15-10-19(30-21(15)27(26-12)11-13-5-3-4-6-16(13)23)20(28)25-22-24-17-8-7-14(29-2)9-18(17)31-22/h3-10H,11H2,1-2H3,(H,24,25,28). The topological polar surface area (TPSA) is 69.0 Å². The van der Waals surface area contributed by atoms with Gasteiger partial charge in [-0.15, -0.1) is 11.3 Å². The summed E-state index contributed by atoms with van der Waals surface area (Å²) in [6, 6.07) is 15.2. The number of aryl methyl sites for hydroxylation is 1. The van der Waals surface area contributed by atoms with E-state index in [2.05, 4.69) is 15.4 Å². The molecule has 156 valence electrons. The van der Waals surface area contributed by atoms with Crippen LogP contribution in [0, 0.1) is 6.92 Å². The minimum Gasteiger partial charge on any atom is -0.497 e. The summed E-state index contributed by atoms with van der Waals surface area (Å²) in [5, 5.41) is 9.78. The number of aromatic nitrogens is 3. The zero-order valence-electron chi connectivity index (χ0n) is 16.7. The molecule has 3 heterocycles. The zero-order chi connectivity index (χ0) is 21.5. The smallest absolute Gasteiger partial charge is 0.267 e. The van der Waals surface area contributed by atoms with Gasteiger partial charge in [-0.2, -0.15) is 5.10 Å². The lowest BCUT2D eigenvalue weighted by Gasteiger charge is -2.05. The summed E-state index contributed by atoms with van der Waals surface area (Å²) in [6.07, 6.45) is 0. The van der Waals surface area contributed by atoms with Crippen LogP contribution in [-0.4, -0.2) is 27.8 Å². The van der Waals surface area contributed by atoms with Crippen molar-refractivity contribution in [3.8, 4) is 5.75 Å². The van der Waals surface area contributed by atoms with Crippen LogP contribution in [0.3, 0.4) is 0 Å². The Balaban J connectivity index is 1.42. The van der Waals surface area contributed by atoms with Crippen LogP contribution in [0.4, 0.5) is 5.13 Å². The normalized spacial score (nSPS) is 11.3. The van der Waals surface area contributed by atoms with E-state index in [0.717, 1.165) is 37.4 Å². The van der Waals surface area contributed by atoms with Gasteiger partial charge in [-0.1, -0.05) is 41.1 Å². The molecule has 3 aromatic heterocycles. The number of thiophene rings is 1. The number of fused-ring (bicyclic) bond motifs is 2. The fourth-order valence-corrected chi connectivity index (χ4v) is 5.50. The number of ether oxygens (including phenoxy) is 1. The molecule has 0 spiro atoms. The van der Waals surface area contributed by atoms with Crippen molar-refractivity contribution in [3.05, 3.63) is 69.7 Å². The maximum atomic E-state index is 12.9. The average molecular weight is 469 g/mol. The van der Waals surface area contributed by atoms with Crippen LogP contribution < -0.4 is 10.1 Å². The number of methoxy groups -OCH3 is 1. The Bertz CT molecular complexity index is 1440. The molecule has 6 nitrogen and oxygen atoms in total. The number of anilines is 1. The van der Waals surface area contributed by atoms with E-state index in [1.165, 1.54) is 22.7 Å². The van der Waals surface area contributed by atoms with Gasteiger partial charge in [0.15, 0.2) is 5.13 Å². The van der Waals surface area contributed by atoms with Crippen LogP contribution in [0.25, 0.3) is 20.4 Å². The maximum Gasteiger partial charge on any atom is 0.267 e. The minimum absolute atomic E-state index is 0.184. The number of carbonyl (C=O) groups is 1. The third-order valence-electron chi connectivity index (χ3n) is 4.93. The molecule has 0 saturated heterocycles. The second-order valence-electron chi connectivity index (χ2n) is 6.97. The van der Waals surface area contributed by atoms with Gasteiger partial charge >= 0.3 is 0 Å². The van der Waals surface area contributed by atoms with Crippen molar-refractivity contribution in [2.24, 2.45) is 0 Å². The molecule has 0 bridgehead atoms. The monoisotopic (exact) mass is 468 g/mol. The highest BCUT2D eigenvalue weighted by Crippen LogP contribution is 2.32. The molecule has 0 radical (unpaired) electrons. The second-order valence-corrected chi connectivity index (χ2v) is 9.44. The van der Waals surface area contributed by atoms with Crippen molar-refractivity contribution in [2.45, 2.75) is 13.5 Å². The number of rotatable bonds is 5. The lowest BCUT2D eigenvalue weighted by atomic mass is 10.2. The van der Waals surface area contributed by atoms with Gasteiger partial charge in [0, 0.05) is 10.4 Å². The highest BCUT2D eigenvalue weighted by molar-refractivity contribution is 7.23. The predicted octanol–water partition coefficient (Wildman–Crippen LogP) is 5.98. The minimum atomic E-state index is -0.184. The van der Waals surface area contributed by atoms with Crippen molar-refractivity contribution in [1.29, 1.82) is 0 Å². The van der Waals surface area contributed by atoms with Gasteiger partial charge in [0.25, 0.3) is 5.91 Å². The molecule has 0 atom stereocenters. The number of halogens is 1. The molecule has 0 aliphatic rings. The highest BCUT2D eigenvalue weighted by Gasteiger charge is 2.18. The molecular weight excluding hydrogens is 452 g/mol. The van der Waals surface area contributed by atoms with Crippen LogP contribution in [-0.2, 0) is 6.54 Å². The largest absolute Gasteiger partial charge is 0.497 e. The van der Waals surface area contributed by atoms with Crippen LogP contribution in [0.2, 0.25) is 5.02 Å². The molecule has 1 N–H and O–H groups in total. The van der Waals surface area contributed by atoms with Gasteiger partial charge in [0.1, 0.15) is 10.6 Å². The molecule has 0 aliphatic carbocycles. The van der Waals surface area contributed by atoms with Crippen LogP contribution in [0.15, 0.2) is 48.5 Å². The van der Waals surface area contributed by atoms with E-state index in [0.29, 0.717) is 21.6 Å². The quantitative estimate of drug-likeness (QED) is 0.344. The predicted molar refractivity (Wildman–Crippen MR) is 127 cm³/mol. The van der Waals surface area contributed by atoms with E-state index in [9.17, 15) is 4.79 Å². The summed E-state index contributed by atoms with van der Waals surface area (Å²) >= 11 is 9.15. The van der Waals surface area contributed by atoms with Crippen molar-refractivity contribution in [3.63, 3.8) is 0 Å². The maximum absolute atomic E-state index is 12.9. The van der Waals surface area contributed by atoms with Crippen molar-refractivity contribution < 1.29 is 9.53 Å². The van der Waals surface area contributed by atoms with E-state index < -0.39 is 0 Å². The van der Waals surface area contributed by atoms with Crippen LogP contribution >= 0.6 is 34.3 Å². The first-order valence-corrected chi connectivity index (χ1v) is 11.5. The zero-order valence-corrected chi connectivity index (χ0v) is 19.1.